The minimum Gasteiger partial charge on any atom is -0.346 e. The van der Waals surface area contributed by atoms with Crippen molar-refractivity contribution < 1.29 is 4.79 Å². The molecule has 1 atom stereocenters. The van der Waals surface area contributed by atoms with Crippen LogP contribution in [0.1, 0.15) is 58.0 Å². The number of H-pyrrole nitrogens is 1. The number of rotatable bonds is 5. The summed E-state index contributed by atoms with van der Waals surface area (Å²) in [5, 5.41) is 1.70. The molecule has 0 aliphatic heterocycles. The van der Waals surface area contributed by atoms with Gasteiger partial charge in [0, 0.05) is 28.4 Å². The molecule has 29 heavy (non-hydrogen) atoms. The van der Waals surface area contributed by atoms with E-state index in [-0.39, 0.29) is 11.7 Å². The van der Waals surface area contributed by atoms with Crippen molar-refractivity contribution in [1.29, 1.82) is 0 Å². The van der Waals surface area contributed by atoms with Crippen LogP contribution < -0.4 is 0 Å². The maximum absolute atomic E-state index is 12.8. The van der Waals surface area contributed by atoms with Crippen molar-refractivity contribution in [2.45, 2.75) is 44.9 Å². The molecule has 6 heteroatoms. The molecule has 1 aromatic carbocycles. The van der Waals surface area contributed by atoms with Crippen molar-refractivity contribution in [1.82, 2.24) is 19.9 Å². The summed E-state index contributed by atoms with van der Waals surface area (Å²) in [6.45, 7) is 2.11. The molecular formula is C23H22N4OS. The first kappa shape index (κ1) is 18.2. The standard InChI is InChI=1S/C23H22N4OS/c1-14(12-19(28)23-27-18-4-2-3-5-20(18)29-23)15-6-8-16(9-7-15)21-17-10-11-24-22(17)26-13-25-21/h6-11,13-14H,2-5,12H2,1H3,(H,24,25,26)/t14-/m0/s1. The molecule has 1 aliphatic carbocycles. The number of ketones is 1. The second kappa shape index (κ2) is 7.52. The number of thiazole rings is 1. The van der Waals surface area contributed by atoms with Gasteiger partial charge in [-0.25, -0.2) is 15.0 Å². The molecule has 146 valence electrons. The summed E-state index contributed by atoms with van der Waals surface area (Å²) in [6, 6.07) is 10.3. The van der Waals surface area contributed by atoms with Gasteiger partial charge in [-0.15, -0.1) is 11.3 Å². The number of carbonyl (C=O) groups is 1. The molecule has 5 rings (SSSR count). The topological polar surface area (TPSA) is 71.5 Å². The maximum atomic E-state index is 12.8. The summed E-state index contributed by atoms with van der Waals surface area (Å²) in [6.07, 6.45) is 8.45. The molecule has 0 fully saturated rings. The van der Waals surface area contributed by atoms with Crippen molar-refractivity contribution in [3.63, 3.8) is 0 Å². The van der Waals surface area contributed by atoms with E-state index in [0.717, 1.165) is 46.4 Å². The van der Waals surface area contributed by atoms with E-state index < -0.39 is 0 Å². The molecule has 0 bridgehead atoms. The minimum atomic E-state index is 0.148. The summed E-state index contributed by atoms with van der Waals surface area (Å²) < 4.78 is 0. The van der Waals surface area contributed by atoms with Crippen molar-refractivity contribution in [2.24, 2.45) is 0 Å². The highest BCUT2D eigenvalue weighted by Crippen LogP contribution is 2.30. The van der Waals surface area contributed by atoms with E-state index in [4.69, 9.17) is 0 Å². The van der Waals surface area contributed by atoms with Gasteiger partial charge in [0.05, 0.1) is 11.4 Å². The van der Waals surface area contributed by atoms with E-state index in [9.17, 15) is 4.79 Å². The predicted molar refractivity (Wildman–Crippen MR) is 115 cm³/mol. The van der Waals surface area contributed by atoms with Crippen LogP contribution in [0, 0.1) is 0 Å². The number of Topliss-reactive ketones (excluding diaryl/α,β-unsaturated/α-hetero) is 1. The van der Waals surface area contributed by atoms with Crippen molar-refractivity contribution in [2.75, 3.05) is 0 Å². The summed E-state index contributed by atoms with van der Waals surface area (Å²) in [5.74, 6) is 0.306. The quantitative estimate of drug-likeness (QED) is 0.458. The number of nitrogens with zero attached hydrogens (tertiary/aromatic N) is 3. The zero-order chi connectivity index (χ0) is 19.8. The Hall–Kier alpha value is -2.86. The first-order valence-electron chi connectivity index (χ1n) is 10.1. The first-order chi connectivity index (χ1) is 14.2. The molecule has 0 amide bonds. The van der Waals surface area contributed by atoms with Gasteiger partial charge in [0.15, 0.2) is 10.8 Å². The van der Waals surface area contributed by atoms with Gasteiger partial charge in [-0.1, -0.05) is 31.2 Å². The van der Waals surface area contributed by atoms with Gasteiger partial charge in [-0.2, -0.15) is 0 Å². The zero-order valence-electron chi connectivity index (χ0n) is 16.3. The Bertz CT molecular complexity index is 1150. The molecule has 0 saturated carbocycles. The Kier molecular flexibility index (Phi) is 4.72. The largest absolute Gasteiger partial charge is 0.346 e. The molecule has 1 N–H and O–H groups in total. The third kappa shape index (κ3) is 3.49. The molecular weight excluding hydrogens is 380 g/mol. The van der Waals surface area contributed by atoms with Crippen LogP contribution in [0.4, 0.5) is 0 Å². The molecule has 0 unspecified atom stereocenters. The number of fused-ring (bicyclic) bond motifs is 2. The van der Waals surface area contributed by atoms with Gasteiger partial charge < -0.3 is 4.98 Å². The van der Waals surface area contributed by atoms with E-state index in [2.05, 4.69) is 51.1 Å². The number of hydrogen-bond donors (Lipinski definition) is 1. The molecule has 3 aromatic heterocycles. The lowest BCUT2D eigenvalue weighted by Crippen LogP contribution is -2.05. The number of benzene rings is 1. The number of aryl methyl sites for hydroxylation is 2. The Morgan fingerprint density at radius 2 is 1.97 bits per heavy atom. The Labute approximate surface area is 173 Å². The Balaban J connectivity index is 1.32. The Morgan fingerprint density at radius 1 is 1.14 bits per heavy atom. The molecule has 0 radical (unpaired) electrons. The number of carbonyl (C=O) groups excluding carboxylic acids is 1. The van der Waals surface area contributed by atoms with Crippen LogP contribution in [-0.4, -0.2) is 25.7 Å². The highest BCUT2D eigenvalue weighted by molar-refractivity contribution is 7.13. The lowest BCUT2D eigenvalue weighted by molar-refractivity contribution is 0.0975. The number of aromatic amines is 1. The van der Waals surface area contributed by atoms with E-state index in [1.807, 2.05) is 12.3 Å². The number of aromatic nitrogens is 4. The fraction of sp³-hybridized carbons (Fsp3) is 0.304. The van der Waals surface area contributed by atoms with Crippen LogP contribution in [0.25, 0.3) is 22.3 Å². The first-order valence-corrected chi connectivity index (χ1v) is 10.9. The fourth-order valence-corrected chi connectivity index (χ4v) is 5.12. The van der Waals surface area contributed by atoms with E-state index in [0.29, 0.717) is 11.4 Å². The summed E-state index contributed by atoms with van der Waals surface area (Å²) in [4.78, 5) is 30.5. The average Bonchev–Trinajstić information content (AvgIpc) is 3.40. The van der Waals surface area contributed by atoms with Crippen molar-refractivity contribution >= 4 is 28.2 Å². The van der Waals surface area contributed by atoms with Gasteiger partial charge in [0.25, 0.3) is 0 Å². The molecule has 0 saturated heterocycles. The number of nitrogens with one attached hydrogen (secondary N) is 1. The van der Waals surface area contributed by atoms with Crippen molar-refractivity contribution in [3.05, 3.63) is 64.0 Å². The fourth-order valence-electron chi connectivity index (χ4n) is 4.03. The number of hydrogen-bond acceptors (Lipinski definition) is 5. The summed E-state index contributed by atoms with van der Waals surface area (Å²) >= 11 is 1.60. The SMILES string of the molecule is C[C@@H](CC(=O)c1nc2c(s1)CCCC2)c1ccc(-c2ncnc3[nH]ccc23)cc1. The molecule has 0 spiro atoms. The third-order valence-corrected chi connectivity index (χ3v) is 6.88. The van der Waals surface area contributed by atoms with E-state index in [1.165, 1.54) is 17.7 Å². The van der Waals surface area contributed by atoms with Crippen LogP contribution in [-0.2, 0) is 12.8 Å². The predicted octanol–water partition coefficient (Wildman–Crippen LogP) is 5.34. The average molecular weight is 403 g/mol. The highest BCUT2D eigenvalue weighted by atomic mass is 32.1. The van der Waals surface area contributed by atoms with Crippen molar-refractivity contribution in [3.8, 4) is 11.3 Å². The lowest BCUT2D eigenvalue weighted by atomic mass is 9.94. The van der Waals surface area contributed by atoms with Crippen LogP contribution in [0.2, 0.25) is 0 Å². The van der Waals surface area contributed by atoms with Gasteiger partial charge >= 0.3 is 0 Å². The van der Waals surface area contributed by atoms with E-state index in [1.54, 1.807) is 17.7 Å². The third-order valence-electron chi connectivity index (χ3n) is 5.68. The smallest absolute Gasteiger partial charge is 0.191 e. The van der Waals surface area contributed by atoms with E-state index >= 15 is 0 Å². The van der Waals surface area contributed by atoms with Gasteiger partial charge in [0.1, 0.15) is 12.0 Å². The second-order valence-electron chi connectivity index (χ2n) is 7.71. The van der Waals surface area contributed by atoms with Crippen LogP contribution in [0.3, 0.4) is 0 Å². The van der Waals surface area contributed by atoms with Crippen LogP contribution in [0.15, 0.2) is 42.9 Å². The normalized spacial score (nSPS) is 14.7. The van der Waals surface area contributed by atoms with Gasteiger partial charge in [-0.05, 0) is 43.2 Å². The summed E-state index contributed by atoms with van der Waals surface area (Å²) in [5.41, 5.74) is 5.11. The van der Waals surface area contributed by atoms with Crippen LogP contribution >= 0.6 is 11.3 Å². The van der Waals surface area contributed by atoms with Gasteiger partial charge in [-0.3, -0.25) is 4.79 Å². The molecule has 5 nitrogen and oxygen atoms in total. The highest BCUT2D eigenvalue weighted by Gasteiger charge is 2.21. The maximum Gasteiger partial charge on any atom is 0.191 e. The van der Waals surface area contributed by atoms with Crippen LogP contribution in [0.5, 0.6) is 0 Å². The van der Waals surface area contributed by atoms with Gasteiger partial charge in [0.2, 0.25) is 0 Å². The lowest BCUT2D eigenvalue weighted by Gasteiger charge is -2.11. The minimum absolute atomic E-state index is 0.148. The Morgan fingerprint density at radius 3 is 2.79 bits per heavy atom. The monoisotopic (exact) mass is 402 g/mol. The second-order valence-corrected chi connectivity index (χ2v) is 8.79. The molecule has 3 heterocycles. The molecule has 4 aromatic rings. The zero-order valence-corrected chi connectivity index (χ0v) is 17.1. The summed E-state index contributed by atoms with van der Waals surface area (Å²) in [7, 11) is 0. The molecule has 1 aliphatic rings.